The average Bonchev–Trinajstić information content (AvgIpc) is 2.51. The molecule has 0 heterocycles. The van der Waals surface area contributed by atoms with Gasteiger partial charge in [-0.1, -0.05) is 36.4 Å². The van der Waals surface area contributed by atoms with Crippen LogP contribution in [0.3, 0.4) is 0 Å². The van der Waals surface area contributed by atoms with Crippen LogP contribution in [0.5, 0.6) is 0 Å². The lowest BCUT2D eigenvalue weighted by Gasteiger charge is -2.22. The zero-order valence-corrected chi connectivity index (χ0v) is 13.2. The third kappa shape index (κ3) is 3.92. The first-order chi connectivity index (χ1) is 10.5. The number of amides is 1. The van der Waals surface area contributed by atoms with Crippen LogP contribution >= 0.6 is 0 Å². The Balaban J connectivity index is 2.01. The van der Waals surface area contributed by atoms with Crippen LogP contribution in [0.4, 0.5) is 10.1 Å². The number of likely N-dealkylation sites (N-methyl/N-ethyl adjacent to an activating group) is 1. The number of rotatable bonds is 5. The highest BCUT2D eigenvalue weighted by Gasteiger charge is 2.23. The van der Waals surface area contributed by atoms with E-state index in [1.54, 1.807) is 18.2 Å². The Hall–Kier alpha value is -2.20. The summed E-state index contributed by atoms with van der Waals surface area (Å²) < 4.78 is 13.6. The normalized spacial score (nSPS) is 13.5. The molecule has 116 valence electrons. The van der Waals surface area contributed by atoms with Crippen molar-refractivity contribution in [1.29, 1.82) is 0 Å². The van der Waals surface area contributed by atoms with Gasteiger partial charge >= 0.3 is 0 Å². The minimum absolute atomic E-state index is 0.184. The Kier molecular flexibility index (Phi) is 5.28. The average molecular weight is 301 g/mol. The van der Waals surface area contributed by atoms with E-state index in [0.29, 0.717) is 0 Å². The Morgan fingerprint density at radius 3 is 2.50 bits per heavy atom. The van der Waals surface area contributed by atoms with E-state index in [-0.39, 0.29) is 17.6 Å². The number of carbonyl (C=O) groups is 1. The molecule has 22 heavy (non-hydrogen) atoms. The molecule has 0 spiro atoms. The zero-order valence-electron chi connectivity index (χ0n) is 13.2. The van der Waals surface area contributed by atoms with Crippen molar-refractivity contribution in [3.8, 4) is 0 Å². The van der Waals surface area contributed by atoms with E-state index in [2.05, 4.69) is 24.4 Å². The summed E-state index contributed by atoms with van der Waals surface area (Å²) in [7, 11) is 1.97. The summed E-state index contributed by atoms with van der Waals surface area (Å²) in [5.74, 6) is -0.601. The van der Waals surface area contributed by atoms with Gasteiger partial charge in [-0.2, -0.15) is 0 Å². The van der Waals surface area contributed by atoms with Gasteiger partial charge in [-0.25, -0.2) is 4.39 Å². The monoisotopic (exact) mass is 301 g/mol. The summed E-state index contributed by atoms with van der Waals surface area (Å²) in [6.45, 7) is 4.66. The molecule has 0 aliphatic heterocycles. The van der Waals surface area contributed by atoms with Gasteiger partial charge in [0.15, 0.2) is 6.04 Å². The van der Waals surface area contributed by atoms with Crippen LogP contribution in [0.25, 0.3) is 0 Å². The molecule has 0 aliphatic carbocycles. The maximum Gasteiger partial charge on any atom is 0.282 e. The van der Waals surface area contributed by atoms with Crippen molar-refractivity contribution in [3.63, 3.8) is 0 Å². The van der Waals surface area contributed by atoms with Crippen molar-refractivity contribution in [1.82, 2.24) is 0 Å². The molecule has 4 heteroatoms. The molecule has 1 amide bonds. The molecule has 2 atom stereocenters. The molecule has 0 fully saturated rings. The van der Waals surface area contributed by atoms with E-state index in [1.807, 2.05) is 26.1 Å². The van der Waals surface area contributed by atoms with Crippen LogP contribution in [0.15, 0.2) is 48.5 Å². The third-order valence-electron chi connectivity index (χ3n) is 3.99. The van der Waals surface area contributed by atoms with Crippen LogP contribution in [0, 0.1) is 12.7 Å². The van der Waals surface area contributed by atoms with E-state index in [0.717, 1.165) is 11.4 Å². The molecule has 1 unspecified atom stereocenters. The minimum Gasteiger partial charge on any atom is -0.324 e. The highest BCUT2D eigenvalue weighted by Crippen LogP contribution is 2.12. The van der Waals surface area contributed by atoms with Gasteiger partial charge in [0.1, 0.15) is 12.4 Å². The molecule has 2 N–H and O–H groups in total. The summed E-state index contributed by atoms with van der Waals surface area (Å²) in [6.07, 6.45) is 0. The number of benzene rings is 2. The largest absolute Gasteiger partial charge is 0.324 e. The molecule has 0 saturated heterocycles. The molecule has 3 nitrogen and oxygen atoms in total. The van der Waals surface area contributed by atoms with E-state index in [1.165, 1.54) is 17.2 Å². The number of anilines is 1. The van der Waals surface area contributed by atoms with Gasteiger partial charge in [0.25, 0.3) is 5.91 Å². The lowest BCUT2D eigenvalue weighted by atomic mass is 10.1. The summed E-state index contributed by atoms with van der Waals surface area (Å²) in [6, 6.07) is 14.1. The highest BCUT2D eigenvalue weighted by atomic mass is 19.1. The fraction of sp³-hybridized carbons (Fsp3) is 0.278. The molecule has 0 bridgehead atoms. The molecular formula is C18H22FN2O+. The minimum atomic E-state index is -0.417. The van der Waals surface area contributed by atoms with Crippen LogP contribution in [0.2, 0.25) is 0 Å². The van der Waals surface area contributed by atoms with Gasteiger partial charge in [0, 0.05) is 5.56 Å². The smallest absolute Gasteiger partial charge is 0.282 e. The molecule has 2 aromatic carbocycles. The lowest BCUT2D eigenvalue weighted by molar-refractivity contribution is -0.907. The van der Waals surface area contributed by atoms with Gasteiger partial charge in [0.05, 0.1) is 12.7 Å². The Morgan fingerprint density at radius 2 is 1.82 bits per heavy atom. The number of halogens is 1. The molecule has 0 saturated carbocycles. The zero-order chi connectivity index (χ0) is 16.1. The molecule has 0 aromatic heterocycles. The molecule has 0 radical (unpaired) electrons. The Labute approximate surface area is 130 Å². The first-order valence-corrected chi connectivity index (χ1v) is 7.41. The summed E-state index contributed by atoms with van der Waals surface area (Å²) in [5, 5.41) is 2.66. The maximum atomic E-state index is 13.6. The fourth-order valence-corrected chi connectivity index (χ4v) is 2.29. The van der Waals surface area contributed by atoms with Crippen molar-refractivity contribution in [2.45, 2.75) is 26.4 Å². The maximum absolute atomic E-state index is 13.6. The number of hydrogen-bond acceptors (Lipinski definition) is 1. The number of nitrogens with one attached hydrogen (secondary N) is 2. The fourth-order valence-electron chi connectivity index (χ4n) is 2.29. The lowest BCUT2D eigenvalue weighted by Crippen LogP contribution is -3.12. The number of para-hydroxylation sites is 1. The van der Waals surface area contributed by atoms with Gasteiger partial charge in [0.2, 0.25) is 0 Å². The number of aryl methyl sites for hydroxylation is 1. The van der Waals surface area contributed by atoms with Gasteiger partial charge in [-0.3, -0.25) is 4.79 Å². The van der Waals surface area contributed by atoms with Crippen molar-refractivity contribution in [2.75, 3.05) is 12.4 Å². The molecule has 2 aromatic rings. The predicted molar refractivity (Wildman–Crippen MR) is 86.3 cm³/mol. The standard InChI is InChI=1S/C18H21FN2O/c1-13-8-4-5-9-15(13)12-21(3)14(2)18(22)20-17-11-7-6-10-16(17)19/h4-11,14H,12H2,1-3H3,(H,20,22)/p+1/t14-/m0/s1. The second-order valence-corrected chi connectivity index (χ2v) is 5.64. The first-order valence-electron chi connectivity index (χ1n) is 7.41. The highest BCUT2D eigenvalue weighted by molar-refractivity contribution is 5.93. The summed E-state index contributed by atoms with van der Waals surface area (Å²) in [4.78, 5) is 13.3. The molecular weight excluding hydrogens is 279 g/mol. The number of hydrogen-bond donors (Lipinski definition) is 2. The quantitative estimate of drug-likeness (QED) is 0.872. The second kappa shape index (κ2) is 7.18. The summed E-state index contributed by atoms with van der Waals surface area (Å²) >= 11 is 0. The van der Waals surface area contributed by atoms with Crippen LogP contribution in [-0.2, 0) is 11.3 Å². The molecule has 2 rings (SSSR count). The van der Waals surface area contributed by atoms with Gasteiger partial charge in [-0.15, -0.1) is 0 Å². The van der Waals surface area contributed by atoms with Crippen LogP contribution in [-0.4, -0.2) is 19.0 Å². The van der Waals surface area contributed by atoms with Crippen LogP contribution in [0.1, 0.15) is 18.1 Å². The van der Waals surface area contributed by atoms with Crippen molar-refractivity contribution in [3.05, 3.63) is 65.5 Å². The van der Waals surface area contributed by atoms with E-state index in [4.69, 9.17) is 0 Å². The van der Waals surface area contributed by atoms with E-state index >= 15 is 0 Å². The third-order valence-corrected chi connectivity index (χ3v) is 3.99. The van der Waals surface area contributed by atoms with E-state index in [9.17, 15) is 9.18 Å². The first kappa shape index (κ1) is 16.2. The van der Waals surface area contributed by atoms with Gasteiger partial charge < -0.3 is 10.2 Å². The van der Waals surface area contributed by atoms with Gasteiger partial charge in [-0.05, 0) is 31.5 Å². The summed E-state index contributed by atoms with van der Waals surface area (Å²) in [5.41, 5.74) is 2.65. The van der Waals surface area contributed by atoms with E-state index < -0.39 is 5.82 Å². The Morgan fingerprint density at radius 1 is 1.18 bits per heavy atom. The number of quaternary nitrogens is 1. The molecule has 0 aliphatic rings. The second-order valence-electron chi connectivity index (χ2n) is 5.64. The van der Waals surface area contributed by atoms with Crippen LogP contribution < -0.4 is 10.2 Å². The van der Waals surface area contributed by atoms with Crippen molar-refractivity contribution in [2.24, 2.45) is 0 Å². The Bertz CT molecular complexity index is 657. The number of carbonyl (C=O) groups excluding carboxylic acids is 1. The van der Waals surface area contributed by atoms with Crippen molar-refractivity contribution < 1.29 is 14.1 Å². The van der Waals surface area contributed by atoms with Crippen molar-refractivity contribution >= 4 is 11.6 Å². The predicted octanol–water partition coefficient (Wildman–Crippen LogP) is 2.18. The topological polar surface area (TPSA) is 33.5 Å². The SMILES string of the molecule is Cc1ccccc1C[NH+](C)[C@@H](C)C(=O)Nc1ccccc1F.